The van der Waals surface area contributed by atoms with Crippen molar-refractivity contribution in [2.24, 2.45) is 5.92 Å². The fraction of sp³-hybridized carbons (Fsp3) is 0.364. The van der Waals surface area contributed by atoms with Gasteiger partial charge in [-0.05, 0) is 61.2 Å². The normalized spacial score (nSPS) is 16.5. The van der Waals surface area contributed by atoms with Gasteiger partial charge in [0.05, 0.1) is 13.0 Å². The molecule has 1 saturated heterocycles. The zero-order chi connectivity index (χ0) is 19.9. The lowest BCUT2D eigenvalue weighted by Gasteiger charge is -2.32. The number of methoxy groups -OCH3 is 1. The van der Waals surface area contributed by atoms with Gasteiger partial charge in [0.25, 0.3) is 5.91 Å². The van der Waals surface area contributed by atoms with Gasteiger partial charge in [0.1, 0.15) is 5.75 Å². The predicted octanol–water partition coefficient (Wildman–Crippen LogP) is 3.56. The van der Waals surface area contributed by atoms with Gasteiger partial charge >= 0.3 is 0 Å². The molecule has 2 amide bonds. The molecule has 1 N–H and O–H groups in total. The van der Waals surface area contributed by atoms with Crippen molar-refractivity contribution in [3.05, 3.63) is 64.7 Å². The molecule has 2 aromatic rings. The van der Waals surface area contributed by atoms with Crippen LogP contribution in [0.25, 0.3) is 0 Å². The summed E-state index contributed by atoms with van der Waals surface area (Å²) in [7, 11) is 1.64. The van der Waals surface area contributed by atoms with E-state index < -0.39 is 0 Å². The number of likely N-dealkylation sites (tertiary alicyclic amines) is 1. The lowest BCUT2D eigenvalue weighted by molar-refractivity contribution is -0.126. The average molecular weight is 401 g/mol. The van der Waals surface area contributed by atoms with Gasteiger partial charge in [0, 0.05) is 30.2 Å². The van der Waals surface area contributed by atoms with E-state index in [1.165, 1.54) is 0 Å². The van der Waals surface area contributed by atoms with E-state index >= 15 is 0 Å². The number of amides is 2. The van der Waals surface area contributed by atoms with Crippen molar-refractivity contribution in [2.45, 2.75) is 19.3 Å². The van der Waals surface area contributed by atoms with Crippen molar-refractivity contribution in [3.63, 3.8) is 0 Å². The molecule has 0 saturated carbocycles. The first-order valence-electron chi connectivity index (χ1n) is 9.52. The van der Waals surface area contributed by atoms with Crippen LogP contribution in [0.5, 0.6) is 5.75 Å². The maximum absolute atomic E-state index is 12.7. The highest BCUT2D eigenvalue weighted by molar-refractivity contribution is 6.30. The molecule has 1 fully saturated rings. The van der Waals surface area contributed by atoms with E-state index in [1.807, 2.05) is 24.3 Å². The number of nitrogens with one attached hydrogen (secondary N) is 1. The number of benzene rings is 2. The monoisotopic (exact) mass is 400 g/mol. The van der Waals surface area contributed by atoms with Crippen LogP contribution in [-0.2, 0) is 11.2 Å². The van der Waals surface area contributed by atoms with E-state index in [4.69, 9.17) is 16.3 Å². The molecule has 3 rings (SSSR count). The van der Waals surface area contributed by atoms with Crippen LogP contribution in [0.1, 0.15) is 28.8 Å². The predicted molar refractivity (Wildman–Crippen MR) is 110 cm³/mol. The zero-order valence-electron chi connectivity index (χ0n) is 16.0. The third kappa shape index (κ3) is 5.26. The summed E-state index contributed by atoms with van der Waals surface area (Å²) in [6.45, 7) is 1.71. The molecule has 0 aromatic heterocycles. The number of piperidine rings is 1. The topological polar surface area (TPSA) is 58.6 Å². The summed E-state index contributed by atoms with van der Waals surface area (Å²) in [5.41, 5.74) is 1.74. The number of nitrogens with zero attached hydrogens (tertiary/aromatic N) is 1. The molecule has 0 spiro atoms. The molecule has 0 aliphatic carbocycles. The van der Waals surface area contributed by atoms with Crippen LogP contribution in [0, 0.1) is 5.92 Å². The molecular weight excluding hydrogens is 376 g/mol. The van der Waals surface area contributed by atoms with Crippen LogP contribution in [0.15, 0.2) is 48.5 Å². The van der Waals surface area contributed by atoms with Gasteiger partial charge in [-0.1, -0.05) is 23.7 Å². The Labute approximate surface area is 170 Å². The maximum Gasteiger partial charge on any atom is 0.253 e. The number of carbonyl (C=O) groups is 2. The largest absolute Gasteiger partial charge is 0.497 e. The van der Waals surface area contributed by atoms with Crippen LogP contribution < -0.4 is 10.1 Å². The molecule has 6 heteroatoms. The van der Waals surface area contributed by atoms with Crippen LogP contribution in [0.2, 0.25) is 5.02 Å². The Kier molecular flexibility index (Phi) is 6.93. The number of rotatable bonds is 6. The van der Waals surface area contributed by atoms with Crippen LogP contribution in [0.3, 0.4) is 0 Å². The van der Waals surface area contributed by atoms with Crippen molar-refractivity contribution < 1.29 is 14.3 Å². The molecule has 1 aliphatic heterocycles. The molecule has 5 nitrogen and oxygen atoms in total. The second-order valence-electron chi connectivity index (χ2n) is 6.99. The molecule has 0 radical (unpaired) electrons. The first kappa shape index (κ1) is 20.2. The van der Waals surface area contributed by atoms with Crippen LogP contribution in [0.4, 0.5) is 0 Å². The van der Waals surface area contributed by atoms with Gasteiger partial charge in [-0.2, -0.15) is 0 Å². The molecule has 148 valence electrons. The summed E-state index contributed by atoms with van der Waals surface area (Å²) < 4.78 is 5.15. The number of ether oxygens (including phenoxy) is 1. The van der Waals surface area contributed by atoms with Crippen LogP contribution in [-0.4, -0.2) is 43.5 Å². The first-order chi connectivity index (χ1) is 13.6. The molecule has 2 aromatic carbocycles. The smallest absolute Gasteiger partial charge is 0.253 e. The SMILES string of the molecule is COc1ccc(CCNC(=O)[C@@H]2CCCN(C(=O)c3ccc(Cl)cc3)C2)cc1. The number of halogens is 1. The van der Waals surface area contributed by atoms with Gasteiger partial charge in [-0.15, -0.1) is 0 Å². The molecule has 1 atom stereocenters. The lowest BCUT2D eigenvalue weighted by Crippen LogP contribution is -2.45. The minimum Gasteiger partial charge on any atom is -0.497 e. The second kappa shape index (κ2) is 9.60. The van der Waals surface area contributed by atoms with Crippen LogP contribution >= 0.6 is 11.6 Å². The van der Waals surface area contributed by atoms with Crippen molar-refractivity contribution in [1.29, 1.82) is 0 Å². The quantitative estimate of drug-likeness (QED) is 0.806. The fourth-order valence-corrected chi connectivity index (χ4v) is 3.54. The lowest BCUT2D eigenvalue weighted by atomic mass is 9.96. The van der Waals surface area contributed by atoms with Gasteiger partial charge in [0.15, 0.2) is 0 Å². The van der Waals surface area contributed by atoms with E-state index in [2.05, 4.69) is 5.32 Å². The Balaban J connectivity index is 1.49. The first-order valence-corrected chi connectivity index (χ1v) is 9.90. The van der Waals surface area contributed by atoms with E-state index in [0.29, 0.717) is 30.2 Å². The van der Waals surface area contributed by atoms with Gasteiger partial charge in [-0.25, -0.2) is 0 Å². The third-order valence-corrected chi connectivity index (χ3v) is 5.29. The van der Waals surface area contributed by atoms with Crippen molar-refractivity contribution in [3.8, 4) is 5.75 Å². The Morgan fingerprint density at radius 1 is 1.14 bits per heavy atom. The van der Waals surface area contributed by atoms with E-state index in [1.54, 1.807) is 36.3 Å². The van der Waals surface area contributed by atoms with Crippen molar-refractivity contribution in [1.82, 2.24) is 10.2 Å². The van der Waals surface area contributed by atoms with E-state index in [0.717, 1.165) is 30.6 Å². The molecule has 1 heterocycles. The summed E-state index contributed by atoms with van der Waals surface area (Å²) in [6.07, 6.45) is 2.39. The van der Waals surface area contributed by atoms with Gasteiger partial charge < -0.3 is 15.0 Å². The molecule has 0 bridgehead atoms. The molecule has 0 unspecified atom stereocenters. The highest BCUT2D eigenvalue weighted by Crippen LogP contribution is 2.20. The van der Waals surface area contributed by atoms with Crippen molar-refractivity contribution >= 4 is 23.4 Å². The summed E-state index contributed by atoms with van der Waals surface area (Å²) in [5.74, 6) is 0.621. The molecular formula is C22H25ClN2O3. The summed E-state index contributed by atoms with van der Waals surface area (Å²) in [5, 5.41) is 3.61. The zero-order valence-corrected chi connectivity index (χ0v) is 16.7. The number of carbonyl (C=O) groups excluding carboxylic acids is 2. The Bertz CT molecular complexity index is 806. The Hall–Kier alpha value is -2.53. The Morgan fingerprint density at radius 2 is 1.86 bits per heavy atom. The number of hydrogen-bond acceptors (Lipinski definition) is 3. The van der Waals surface area contributed by atoms with E-state index in [9.17, 15) is 9.59 Å². The fourth-order valence-electron chi connectivity index (χ4n) is 3.42. The maximum atomic E-state index is 12.7. The van der Waals surface area contributed by atoms with E-state index in [-0.39, 0.29) is 17.7 Å². The highest BCUT2D eigenvalue weighted by atomic mass is 35.5. The van der Waals surface area contributed by atoms with Gasteiger partial charge in [-0.3, -0.25) is 9.59 Å². The summed E-state index contributed by atoms with van der Waals surface area (Å²) >= 11 is 5.89. The van der Waals surface area contributed by atoms with Gasteiger partial charge in [0.2, 0.25) is 5.91 Å². The minimum atomic E-state index is -0.166. The molecule has 1 aliphatic rings. The molecule has 28 heavy (non-hydrogen) atoms. The standard InChI is InChI=1S/C22H25ClN2O3/c1-28-20-10-4-16(5-11-20)12-13-24-21(26)18-3-2-14-25(15-18)22(27)17-6-8-19(23)9-7-17/h4-11,18H,2-3,12-15H2,1H3,(H,24,26)/t18-/m1/s1. The average Bonchev–Trinajstić information content (AvgIpc) is 2.74. The highest BCUT2D eigenvalue weighted by Gasteiger charge is 2.28. The third-order valence-electron chi connectivity index (χ3n) is 5.04. The van der Waals surface area contributed by atoms with Crippen molar-refractivity contribution in [2.75, 3.05) is 26.7 Å². The summed E-state index contributed by atoms with van der Waals surface area (Å²) in [6, 6.07) is 14.7. The second-order valence-corrected chi connectivity index (χ2v) is 7.42. The summed E-state index contributed by atoms with van der Waals surface area (Å²) in [4.78, 5) is 27.0. The minimum absolute atomic E-state index is 0.0158. The Morgan fingerprint density at radius 3 is 2.54 bits per heavy atom. The number of hydrogen-bond donors (Lipinski definition) is 1.